The van der Waals surface area contributed by atoms with E-state index in [1.54, 1.807) is 18.2 Å². The Labute approximate surface area is 142 Å². The summed E-state index contributed by atoms with van der Waals surface area (Å²) in [4.78, 5) is 22.1. The maximum Gasteiger partial charge on any atom is 0.269 e. The van der Waals surface area contributed by atoms with Gasteiger partial charge in [-0.1, -0.05) is 12.1 Å². The average molecular weight is 340 g/mol. The van der Waals surface area contributed by atoms with Gasteiger partial charge >= 0.3 is 0 Å². The quantitative estimate of drug-likeness (QED) is 0.364. The molecule has 0 bridgehead atoms. The lowest BCUT2D eigenvalue weighted by molar-refractivity contribution is -0.384. The molecule has 0 fully saturated rings. The SMILES string of the molecule is N#C/C(=C/NCc1ccc(F)cc1)C(=O)Nc1ccc([N+](=O)[O-])cc1. The maximum absolute atomic E-state index is 12.8. The highest BCUT2D eigenvalue weighted by atomic mass is 19.1. The molecule has 0 heterocycles. The summed E-state index contributed by atoms with van der Waals surface area (Å²) in [5, 5.41) is 24.9. The third kappa shape index (κ3) is 5.14. The number of benzene rings is 2. The van der Waals surface area contributed by atoms with Gasteiger partial charge in [-0.05, 0) is 29.8 Å². The predicted octanol–water partition coefficient (Wildman–Crippen LogP) is 2.87. The number of non-ortho nitro benzene ring substituents is 1. The van der Waals surface area contributed by atoms with E-state index in [0.717, 1.165) is 5.56 Å². The Bertz CT molecular complexity index is 840. The van der Waals surface area contributed by atoms with Crippen molar-refractivity contribution in [3.8, 4) is 6.07 Å². The van der Waals surface area contributed by atoms with Gasteiger partial charge in [0.2, 0.25) is 0 Å². The summed E-state index contributed by atoms with van der Waals surface area (Å²) in [6, 6.07) is 12.8. The number of nitro benzene ring substituents is 1. The second-order valence-electron chi connectivity index (χ2n) is 4.94. The number of amides is 1. The summed E-state index contributed by atoms with van der Waals surface area (Å²) in [6.07, 6.45) is 1.25. The van der Waals surface area contributed by atoms with E-state index in [1.807, 2.05) is 0 Å². The average Bonchev–Trinajstić information content (AvgIpc) is 2.60. The number of halogens is 1. The number of hydrogen-bond donors (Lipinski definition) is 2. The fourth-order valence-electron chi connectivity index (χ4n) is 1.89. The summed E-state index contributed by atoms with van der Waals surface area (Å²) in [6.45, 7) is 0.316. The van der Waals surface area contributed by atoms with Crippen molar-refractivity contribution in [1.29, 1.82) is 5.26 Å². The molecule has 0 saturated carbocycles. The number of rotatable bonds is 6. The van der Waals surface area contributed by atoms with Gasteiger partial charge in [0.05, 0.1) is 4.92 Å². The molecule has 0 radical (unpaired) electrons. The lowest BCUT2D eigenvalue weighted by Crippen LogP contribution is -2.16. The highest BCUT2D eigenvalue weighted by Gasteiger charge is 2.10. The van der Waals surface area contributed by atoms with Gasteiger partial charge in [0, 0.05) is 30.6 Å². The number of hydrogen-bond acceptors (Lipinski definition) is 5. The molecule has 0 atom stereocenters. The normalized spacial score (nSPS) is 10.6. The molecule has 0 aromatic heterocycles. The van der Waals surface area contributed by atoms with Crippen molar-refractivity contribution < 1.29 is 14.1 Å². The Morgan fingerprint density at radius 1 is 1.20 bits per heavy atom. The summed E-state index contributed by atoms with van der Waals surface area (Å²) < 4.78 is 12.8. The Morgan fingerprint density at radius 2 is 1.84 bits per heavy atom. The van der Waals surface area contributed by atoms with Crippen LogP contribution in [-0.2, 0) is 11.3 Å². The minimum atomic E-state index is -0.650. The first-order valence-corrected chi connectivity index (χ1v) is 7.13. The van der Waals surface area contributed by atoms with Crippen molar-refractivity contribution in [2.75, 3.05) is 5.32 Å². The molecule has 0 aliphatic carbocycles. The molecular weight excluding hydrogens is 327 g/mol. The number of nitro groups is 1. The molecule has 8 heteroatoms. The van der Waals surface area contributed by atoms with E-state index in [0.29, 0.717) is 12.2 Å². The van der Waals surface area contributed by atoms with Crippen LogP contribution in [0, 0.1) is 27.3 Å². The molecule has 25 heavy (non-hydrogen) atoms. The van der Waals surface area contributed by atoms with Crippen LogP contribution in [0.1, 0.15) is 5.56 Å². The molecule has 2 rings (SSSR count). The number of nitrogens with one attached hydrogen (secondary N) is 2. The molecule has 0 saturated heterocycles. The van der Waals surface area contributed by atoms with Crippen LogP contribution in [-0.4, -0.2) is 10.8 Å². The molecule has 0 spiro atoms. The molecule has 0 aliphatic rings. The van der Waals surface area contributed by atoms with Crippen molar-refractivity contribution in [2.24, 2.45) is 0 Å². The van der Waals surface area contributed by atoms with E-state index in [1.165, 1.54) is 42.6 Å². The molecule has 2 N–H and O–H groups in total. The molecule has 0 unspecified atom stereocenters. The van der Waals surface area contributed by atoms with Crippen LogP contribution in [0.4, 0.5) is 15.8 Å². The van der Waals surface area contributed by atoms with Crippen LogP contribution in [0.2, 0.25) is 0 Å². The fourth-order valence-corrected chi connectivity index (χ4v) is 1.89. The standard InChI is InChI=1S/C17H13FN4O3/c18-14-3-1-12(2-4-14)10-20-11-13(9-19)17(23)21-15-5-7-16(8-6-15)22(24)25/h1-8,11,20H,10H2,(H,21,23)/b13-11-. The minimum absolute atomic E-state index is 0.102. The number of nitriles is 1. The van der Waals surface area contributed by atoms with Crippen LogP contribution in [0.3, 0.4) is 0 Å². The molecule has 0 aliphatic heterocycles. The molecule has 1 amide bonds. The first kappa shape index (κ1) is 17.6. The van der Waals surface area contributed by atoms with Crippen molar-refractivity contribution in [3.63, 3.8) is 0 Å². The molecule has 2 aromatic rings. The smallest absolute Gasteiger partial charge is 0.269 e. The van der Waals surface area contributed by atoms with Gasteiger partial charge < -0.3 is 10.6 Å². The summed E-state index contributed by atoms with van der Waals surface area (Å²) in [7, 11) is 0. The van der Waals surface area contributed by atoms with Crippen molar-refractivity contribution >= 4 is 17.3 Å². The highest BCUT2D eigenvalue weighted by molar-refractivity contribution is 6.06. The highest BCUT2D eigenvalue weighted by Crippen LogP contribution is 2.15. The van der Waals surface area contributed by atoms with Crippen molar-refractivity contribution in [1.82, 2.24) is 5.32 Å². The first-order valence-electron chi connectivity index (χ1n) is 7.13. The van der Waals surface area contributed by atoms with Crippen LogP contribution < -0.4 is 10.6 Å². The Balaban J connectivity index is 1.96. The maximum atomic E-state index is 12.8. The fraction of sp³-hybridized carbons (Fsp3) is 0.0588. The van der Waals surface area contributed by atoms with Crippen LogP contribution in [0.5, 0.6) is 0 Å². The van der Waals surface area contributed by atoms with Crippen molar-refractivity contribution in [3.05, 3.63) is 81.8 Å². The first-order chi connectivity index (χ1) is 12.0. The zero-order valence-electron chi connectivity index (χ0n) is 12.9. The van der Waals surface area contributed by atoms with Crippen LogP contribution in [0.25, 0.3) is 0 Å². The molecule has 126 valence electrons. The monoisotopic (exact) mass is 340 g/mol. The van der Waals surface area contributed by atoms with Gasteiger partial charge in [-0.3, -0.25) is 14.9 Å². The van der Waals surface area contributed by atoms with E-state index in [-0.39, 0.29) is 17.1 Å². The van der Waals surface area contributed by atoms with Gasteiger partial charge in [0.1, 0.15) is 17.5 Å². The minimum Gasteiger partial charge on any atom is -0.386 e. The summed E-state index contributed by atoms with van der Waals surface area (Å²) in [5.41, 5.74) is 0.844. The lowest BCUT2D eigenvalue weighted by Gasteiger charge is -2.05. The second kappa shape index (κ2) is 8.21. The van der Waals surface area contributed by atoms with Gasteiger partial charge in [-0.15, -0.1) is 0 Å². The zero-order chi connectivity index (χ0) is 18.2. The van der Waals surface area contributed by atoms with Gasteiger partial charge in [0.15, 0.2) is 0 Å². The molecule has 2 aromatic carbocycles. The number of carbonyl (C=O) groups is 1. The van der Waals surface area contributed by atoms with E-state index in [2.05, 4.69) is 10.6 Å². The largest absolute Gasteiger partial charge is 0.386 e. The van der Waals surface area contributed by atoms with Gasteiger partial charge in [-0.25, -0.2) is 4.39 Å². The van der Waals surface area contributed by atoms with Gasteiger partial charge in [0.25, 0.3) is 11.6 Å². The molecular formula is C17H13FN4O3. The van der Waals surface area contributed by atoms with E-state index in [9.17, 15) is 19.3 Å². The second-order valence-corrected chi connectivity index (χ2v) is 4.94. The van der Waals surface area contributed by atoms with Crippen LogP contribution >= 0.6 is 0 Å². The number of anilines is 1. The zero-order valence-corrected chi connectivity index (χ0v) is 12.9. The van der Waals surface area contributed by atoms with E-state index < -0.39 is 10.8 Å². The molecule has 7 nitrogen and oxygen atoms in total. The summed E-state index contributed by atoms with van der Waals surface area (Å²) in [5.74, 6) is -0.998. The van der Waals surface area contributed by atoms with E-state index in [4.69, 9.17) is 5.26 Å². The Morgan fingerprint density at radius 3 is 2.40 bits per heavy atom. The number of carbonyl (C=O) groups excluding carboxylic acids is 1. The third-order valence-electron chi connectivity index (χ3n) is 3.17. The van der Waals surface area contributed by atoms with Gasteiger partial charge in [-0.2, -0.15) is 5.26 Å². The Kier molecular flexibility index (Phi) is 5.79. The third-order valence-corrected chi connectivity index (χ3v) is 3.17. The van der Waals surface area contributed by atoms with Crippen molar-refractivity contribution in [2.45, 2.75) is 6.54 Å². The predicted molar refractivity (Wildman–Crippen MR) is 88.7 cm³/mol. The number of nitrogens with zero attached hydrogens (tertiary/aromatic N) is 2. The summed E-state index contributed by atoms with van der Waals surface area (Å²) >= 11 is 0. The van der Waals surface area contributed by atoms with E-state index >= 15 is 0 Å². The van der Waals surface area contributed by atoms with Crippen LogP contribution in [0.15, 0.2) is 60.3 Å². The Hall–Kier alpha value is -3.73. The topological polar surface area (TPSA) is 108 Å². The lowest BCUT2D eigenvalue weighted by atomic mass is 10.2.